The molecule has 2 heterocycles. The van der Waals surface area contributed by atoms with Crippen LogP contribution in [-0.4, -0.2) is 29.5 Å². The number of Topliss-reactive ketones (excluding diaryl/α,β-unsaturated/α-hetero) is 1. The molecule has 1 saturated heterocycles. The smallest absolute Gasteiger partial charge is 0.414 e. The summed E-state index contributed by atoms with van der Waals surface area (Å²) >= 11 is 0. The number of hydrogen-bond acceptors (Lipinski definition) is 5. The van der Waals surface area contributed by atoms with E-state index in [1.54, 1.807) is 24.5 Å². The zero-order valence-electron chi connectivity index (χ0n) is 19.3. The fourth-order valence-corrected chi connectivity index (χ4v) is 3.99. The number of ketones is 1. The lowest BCUT2D eigenvalue weighted by molar-refractivity contribution is -0.117. The number of rotatable bonds is 9. The number of anilines is 1. The van der Waals surface area contributed by atoms with Crippen molar-refractivity contribution in [2.75, 3.05) is 11.4 Å². The van der Waals surface area contributed by atoms with Crippen LogP contribution in [0.2, 0.25) is 0 Å². The molecule has 6 nitrogen and oxygen atoms in total. The molecule has 1 aliphatic rings. The van der Waals surface area contributed by atoms with E-state index in [0.717, 1.165) is 23.2 Å². The molecule has 1 fully saturated rings. The number of amides is 1. The third-order valence-electron chi connectivity index (χ3n) is 6.04. The SMILES string of the molecule is CC(=O)CC[C@H]1CN(c2ccc(-c3ccc(C(C)NCc4ccncc4)cc3)c(F)c2)C(=O)O1. The maximum Gasteiger partial charge on any atom is 0.414 e. The van der Waals surface area contributed by atoms with Gasteiger partial charge in [0.1, 0.15) is 17.7 Å². The molecule has 1 aromatic heterocycles. The van der Waals surface area contributed by atoms with Gasteiger partial charge in [0.25, 0.3) is 0 Å². The molecule has 3 aromatic rings. The van der Waals surface area contributed by atoms with Gasteiger partial charge in [-0.1, -0.05) is 24.3 Å². The average Bonchev–Trinajstić information content (AvgIpc) is 3.22. The predicted octanol–water partition coefficient (Wildman–Crippen LogP) is 5.43. The van der Waals surface area contributed by atoms with Gasteiger partial charge >= 0.3 is 6.09 Å². The third kappa shape index (κ3) is 5.66. The highest BCUT2D eigenvalue weighted by Gasteiger charge is 2.32. The van der Waals surface area contributed by atoms with Gasteiger partial charge in [-0.25, -0.2) is 9.18 Å². The normalized spacial score (nSPS) is 16.4. The van der Waals surface area contributed by atoms with E-state index in [1.807, 2.05) is 36.4 Å². The molecular weight excluding hydrogens is 433 g/mol. The summed E-state index contributed by atoms with van der Waals surface area (Å²) in [5.74, 6) is -0.357. The van der Waals surface area contributed by atoms with Crippen molar-refractivity contribution in [3.63, 3.8) is 0 Å². The largest absolute Gasteiger partial charge is 0.444 e. The molecule has 1 amide bonds. The summed E-state index contributed by atoms with van der Waals surface area (Å²) in [5, 5.41) is 3.48. The number of nitrogens with zero attached hydrogens (tertiary/aromatic N) is 2. The Balaban J connectivity index is 1.41. The number of cyclic esters (lactones) is 1. The summed E-state index contributed by atoms with van der Waals surface area (Å²) in [5.41, 5.74) is 3.94. The third-order valence-corrected chi connectivity index (χ3v) is 6.04. The first-order chi connectivity index (χ1) is 16.4. The van der Waals surface area contributed by atoms with E-state index < -0.39 is 11.9 Å². The van der Waals surface area contributed by atoms with Gasteiger partial charge < -0.3 is 14.8 Å². The van der Waals surface area contributed by atoms with Crippen LogP contribution in [0.25, 0.3) is 11.1 Å². The monoisotopic (exact) mass is 461 g/mol. The van der Waals surface area contributed by atoms with Crippen molar-refractivity contribution in [2.45, 2.75) is 45.4 Å². The molecule has 1 unspecified atom stereocenters. The zero-order valence-corrected chi connectivity index (χ0v) is 19.3. The van der Waals surface area contributed by atoms with Crippen LogP contribution in [0, 0.1) is 5.82 Å². The Morgan fingerprint density at radius 1 is 1.18 bits per heavy atom. The Kier molecular flexibility index (Phi) is 7.33. The molecule has 1 N–H and O–H groups in total. The minimum absolute atomic E-state index is 0.0508. The number of pyridine rings is 1. The Morgan fingerprint density at radius 3 is 2.59 bits per heavy atom. The van der Waals surface area contributed by atoms with Crippen molar-refractivity contribution >= 4 is 17.6 Å². The minimum atomic E-state index is -0.515. The summed E-state index contributed by atoms with van der Waals surface area (Å²) in [6, 6.07) is 16.6. The Hall–Kier alpha value is -3.58. The van der Waals surface area contributed by atoms with Crippen molar-refractivity contribution in [3.8, 4) is 11.1 Å². The molecule has 0 radical (unpaired) electrons. The lowest BCUT2D eigenvalue weighted by Crippen LogP contribution is -2.24. The van der Waals surface area contributed by atoms with Gasteiger partial charge in [0, 0.05) is 37.0 Å². The fraction of sp³-hybridized carbons (Fsp3) is 0.296. The lowest BCUT2D eigenvalue weighted by atomic mass is 10.0. The Labute approximate surface area is 198 Å². The number of carbonyl (C=O) groups is 2. The highest BCUT2D eigenvalue weighted by molar-refractivity contribution is 5.90. The molecular formula is C27H28FN3O3. The Morgan fingerprint density at radius 2 is 1.91 bits per heavy atom. The van der Waals surface area contributed by atoms with E-state index >= 15 is 0 Å². The van der Waals surface area contributed by atoms with E-state index in [2.05, 4.69) is 17.2 Å². The second-order valence-electron chi connectivity index (χ2n) is 8.60. The number of nitrogens with one attached hydrogen (secondary N) is 1. The second kappa shape index (κ2) is 10.6. The summed E-state index contributed by atoms with van der Waals surface area (Å²) < 4.78 is 20.3. The van der Waals surface area contributed by atoms with Crippen molar-refractivity contribution in [1.82, 2.24) is 10.3 Å². The van der Waals surface area contributed by atoms with Gasteiger partial charge in [-0.3, -0.25) is 9.88 Å². The summed E-state index contributed by atoms with van der Waals surface area (Å²) in [6.45, 7) is 4.64. The van der Waals surface area contributed by atoms with Gasteiger partial charge in [0.2, 0.25) is 0 Å². The standard InChI is InChI=1S/C27H28FN3O3/c1-18(32)3-9-24-17-31(27(33)34-24)23-8-10-25(26(28)15-23)22-6-4-21(5-7-22)19(2)30-16-20-11-13-29-14-12-20/h4-8,10-15,19,24,30H,3,9,16-17H2,1-2H3/t19?,24-/m0/s1. The minimum Gasteiger partial charge on any atom is -0.444 e. The van der Waals surface area contributed by atoms with Crippen molar-refractivity contribution < 1.29 is 18.7 Å². The zero-order chi connectivity index (χ0) is 24.1. The fourth-order valence-electron chi connectivity index (χ4n) is 3.99. The number of halogens is 1. The van der Waals surface area contributed by atoms with Crippen LogP contribution >= 0.6 is 0 Å². The topological polar surface area (TPSA) is 71.5 Å². The molecule has 2 atom stereocenters. The molecule has 4 rings (SSSR count). The van der Waals surface area contributed by atoms with Gasteiger partial charge in [0.15, 0.2) is 0 Å². The van der Waals surface area contributed by atoms with Crippen LogP contribution in [0.4, 0.5) is 14.9 Å². The second-order valence-corrected chi connectivity index (χ2v) is 8.60. The maximum absolute atomic E-state index is 15.0. The van der Waals surface area contributed by atoms with Gasteiger partial charge in [-0.05, 0) is 67.3 Å². The van der Waals surface area contributed by atoms with E-state index in [9.17, 15) is 14.0 Å². The summed E-state index contributed by atoms with van der Waals surface area (Å²) in [4.78, 5) is 28.9. The molecule has 1 aliphatic heterocycles. The molecule has 2 aromatic carbocycles. The van der Waals surface area contributed by atoms with Gasteiger partial charge in [-0.15, -0.1) is 0 Å². The quantitative estimate of drug-likeness (QED) is 0.460. The van der Waals surface area contributed by atoms with E-state index in [0.29, 0.717) is 30.6 Å². The maximum atomic E-state index is 15.0. The van der Waals surface area contributed by atoms with E-state index in [4.69, 9.17) is 4.74 Å². The van der Waals surface area contributed by atoms with Crippen LogP contribution in [-0.2, 0) is 16.1 Å². The lowest BCUT2D eigenvalue weighted by Gasteiger charge is -2.16. The van der Waals surface area contributed by atoms with Crippen molar-refractivity contribution in [2.24, 2.45) is 0 Å². The van der Waals surface area contributed by atoms with Gasteiger partial charge in [-0.2, -0.15) is 0 Å². The number of aromatic nitrogens is 1. The number of benzene rings is 2. The molecule has 176 valence electrons. The van der Waals surface area contributed by atoms with Crippen LogP contribution < -0.4 is 10.2 Å². The molecule has 0 saturated carbocycles. The number of ether oxygens (including phenoxy) is 1. The average molecular weight is 462 g/mol. The number of carbonyl (C=O) groups excluding carboxylic acids is 2. The van der Waals surface area contributed by atoms with Crippen LogP contribution in [0.5, 0.6) is 0 Å². The summed E-state index contributed by atoms with van der Waals surface area (Å²) in [7, 11) is 0. The first-order valence-electron chi connectivity index (χ1n) is 11.4. The molecule has 0 aliphatic carbocycles. The molecule has 7 heteroatoms. The Bertz CT molecular complexity index is 1150. The number of hydrogen-bond donors (Lipinski definition) is 1. The van der Waals surface area contributed by atoms with Crippen molar-refractivity contribution in [1.29, 1.82) is 0 Å². The highest BCUT2D eigenvalue weighted by Crippen LogP contribution is 2.30. The molecule has 0 spiro atoms. The van der Waals surface area contributed by atoms with E-state index in [-0.39, 0.29) is 17.9 Å². The molecule has 0 bridgehead atoms. The predicted molar refractivity (Wildman–Crippen MR) is 129 cm³/mol. The highest BCUT2D eigenvalue weighted by atomic mass is 19.1. The van der Waals surface area contributed by atoms with Crippen LogP contribution in [0.1, 0.15) is 43.9 Å². The van der Waals surface area contributed by atoms with Gasteiger partial charge in [0.05, 0.1) is 12.2 Å². The van der Waals surface area contributed by atoms with Crippen LogP contribution in [0.15, 0.2) is 67.0 Å². The first kappa shape index (κ1) is 23.6. The first-order valence-corrected chi connectivity index (χ1v) is 11.4. The van der Waals surface area contributed by atoms with Crippen molar-refractivity contribution in [3.05, 3.63) is 83.9 Å². The summed E-state index contributed by atoms with van der Waals surface area (Å²) in [6.07, 6.45) is 3.50. The van der Waals surface area contributed by atoms with Crippen LogP contribution in [0.3, 0.4) is 0 Å². The van der Waals surface area contributed by atoms with E-state index in [1.165, 1.54) is 17.9 Å². The molecule has 34 heavy (non-hydrogen) atoms.